The number of aromatic nitrogens is 1. The molecule has 2 aromatic carbocycles. The molecule has 17 heteroatoms. The summed E-state index contributed by atoms with van der Waals surface area (Å²) in [5.41, 5.74) is -1.11. The molecule has 2 saturated heterocycles. The molecule has 7 N–H and O–H groups in total. The summed E-state index contributed by atoms with van der Waals surface area (Å²) in [6.45, 7) is 9.62. The number of para-hydroxylation sites is 1. The highest BCUT2D eigenvalue weighted by atomic mass is 32.3. The van der Waals surface area contributed by atoms with Crippen LogP contribution in [0.4, 0.5) is 5.69 Å². The van der Waals surface area contributed by atoms with Gasteiger partial charge in [0, 0.05) is 90.6 Å². The van der Waals surface area contributed by atoms with Crippen LogP contribution in [0.25, 0.3) is 10.9 Å². The summed E-state index contributed by atoms with van der Waals surface area (Å²) >= 11 is 0. The lowest BCUT2D eigenvalue weighted by Gasteiger charge is -2.63. The van der Waals surface area contributed by atoms with Gasteiger partial charge in [0.25, 0.3) is 5.91 Å². The van der Waals surface area contributed by atoms with Crippen molar-refractivity contribution in [2.45, 2.75) is 99.5 Å². The van der Waals surface area contributed by atoms with Crippen LogP contribution in [0.5, 0.6) is 5.75 Å². The highest BCUT2D eigenvalue weighted by Gasteiger charge is 2.78. The number of aliphatic hydroxyl groups excluding tert-OH is 1. The molecule has 16 nitrogen and oxygen atoms in total. The zero-order valence-corrected chi connectivity index (χ0v) is 37.2. The van der Waals surface area contributed by atoms with E-state index in [1.807, 2.05) is 50.9 Å². The number of carbonyl (C=O) groups excluding carboxylic acids is 2. The molecule has 62 heavy (non-hydrogen) atoms. The maximum atomic E-state index is 15.3. The molecular weight excluding hydrogens is 819 g/mol. The Kier molecular flexibility index (Phi) is 11.2. The van der Waals surface area contributed by atoms with Gasteiger partial charge in [0.1, 0.15) is 17.3 Å². The SMILES string of the molecule is CCNC(=O)[C@@]1(O)[C@H](O)[C@]2(CC)C=CCN3CC[C@@]4(c5cc([C@@]6(C(=O)OC)C[C@@H]7CN(CCc8c6[nH]c6ccccc86)C[C@](O)(CC)C7)c(OC)cc5N(C)[C@@H]14)[C@@H]32.O=S(=O)(O)O. The van der Waals surface area contributed by atoms with Crippen LogP contribution < -0.4 is 15.0 Å². The van der Waals surface area contributed by atoms with Gasteiger partial charge in [-0.15, -0.1) is 0 Å². The lowest BCUT2D eigenvalue weighted by atomic mass is 9.47. The molecule has 2 bridgehead atoms. The number of nitrogens with zero attached hydrogens (tertiary/aromatic N) is 3. The molecule has 1 spiro atoms. The van der Waals surface area contributed by atoms with E-state index < -0.39 is 61.9 Å². The normalized spacial score (nSPS) is 35.9. The number of piperidine rings is 1. The molecule has 10 atom stereocenters. The maximum Gasteiger partial charge on any atom is 0.394 e. The highest BCUT2D eigenvalue weighted by Crippen LogP contribution is 2.67. The molecular formula is C45H61N5O11S. The third-order valence-electron chi connectivity index (χ3n) is 15.5. The molecule has 1 unspecified atom stereocenters. The summed E-state index contributed by atoms with van der Waals surface area (Å²) in [7, 11) is 0.309. The molecule has 0 radical (unpaired) electrons. The molecule has 1 aliphatic carbocycles. The first-order valence-corrected chi connectivity index (χ1v) is 23.1. The van der Waals surface area contributed by atoms with E-state index in [-0.39, 0.29) is 12.0 Å². The number of benzene rings is 2. The van der Waals surface area contributed by atoms with Crippen LogP contribution in [0.15, 0.2) is 48.6 Å². The van der Waals surface area contributed by atoms with Gasteiger partial charge in [-0.3, -0.25) is 28.5 Å². The number of hydrogen-bond acceptors (Lipinski definition) is 12. The second kappa shape index (κ2) is 15.6. The van der Waals surface area contributed by atoms with Crippen LogP contribution >= 0.6 is 0 Å². The number of methoxy groups -OCH3 is 2. The Labute approximate surface area is 362 Å². The molecule has 9 rings (SSSR count). The van der Waals surface area contributed by atoms with E-state index in [0.29, 0.717) is 76.0 Å². The average molecular weight is 880 g/mol. The Balaban J connectivity index is 0.00000100. The molecule has 1 saturated carbocycles. The van der Waals surface area contributed by atoms with Gasteiger partial charge in [-0.05, 0) is 81.2 Å². The summed E-state index contributed by atoms with van der Waals surface area (Å²) in [4.78, 5) is 40.2. The Bertz CT molecular complexity index is 2400. The lowest BCUT2D eigenvalue weighted by molar-refractivity contribution is -0.203. The molecule has 3 aromatic rings. The smallest absolute Gasteiger partial charge is 0.394 e. The standard InChI is InChI=1S/C45H59N5O7.H2O4S/c1-7-41(54)23-27-24-44(40(53)57-6,35-29(15-19-49(25-27)26-41)28-13-10-11-14-32(28)47-35)31-21-30-33(22-34(31)56-5)48(4)37-43(30)17-20-50-18-12-16-42(8-2,36(43)50)38(51)45(37,55)39(52)46-9-3;1-5(2,3)4/h10-14,16,21-22,27,36-38,47,51,54-55H,7-9,15,17-20,23-26H2,1-6H3,(H,46,52);(H2,1,2,3,4)/t27-,36+,37-,38-,41+,42-,43-,44+,45+;/m1./s1. The van der Waals surface area contributed by atoms with Gasteiger partial charge in [0.05, 0.1) is 25.9 Å². The zero-order chi connectivity index (χ0) is 44.8. The first-order valence-electron chi connectivity index (χ1n) is 21.7. The monoisotopic (exact) mass is 879 g/mol. The van der Waals surface area contributed by atoms with Crippen LogP contribution in [-0.4, -0.2) is 149 Å². The number of esters is 1. The fourth-order valence-corrected chi connectivity index (χ4v) is 13.3. The van der Waals surface area contributed by atoms with E-state index in [2.05, 4.69) is 50.5 Å². The van der Waals surface area contributed by atoms with Crippen molar-refractivity contribution < 1.29 is 51.9 Å². The highest BCUT2D eigenvalue weighted by molar-refractivity contribution is 7.79. The Morgan fingerprint density at radius 2 is 1.73 bits per heavy atom. The Hall–Kier alpha value is -4.07. The van der Waals surface area contributed by atoms with Crippen LogP contribution in [0.1, 0.15) is 75.3 Å². The number of carbonyl (C=O) groups is 2. The molecule has 3 fully saturated rings. The number of anilines is 1. The first kappa shape index (κ1) is 44.5. The Morgan fingerprint density at radius 3 is 2.39 bits per heavy atom. The second-order valence-electron chi connectivity index (χ2n) is 18.4. The van der Waals surface area contributed by atoms with Crippen molar-refractivity contribution in [3.8, 4) is 5.75 Å². The van der Waals surface area contributed by atoms with E-state index in [1.165, 1.54) is 7.11 Å². The lowest BCUT2D eigenvalue weighted by Crippen LogP contribution is -2.81. The van der Waals surface area contributed by atoms with Crippen molar-refractivity contribution in [3.05, 3.63) is 70.9 Å². The molecule has 6 aliphatic rings. The van der Waals surface area contributed by atoms with Crippen molar-refractivity contribution in [2.75, 3.05) is 65.4 Å². The van der Waals surface area contributed by atoms with Gasteiger partial charge in [0.15, 0.2) is 5.60 Å². The van der Waals surface area contributed by atoms with E-state index >= 15 is 4.79 Å². The third-order valence-corrected chi connectivity index (χ3v) is 15.5. The predicted octanol–water partition coefficient (Wildman–Crippen LogP) is 2.73. The topological polar surface area (TPSA) is 225 Å². The number of rotatable bonds is 7. The summed E-state index contributed by atoms with van der Waals surface area (Å²) in [5, 5.41) is 41.6. The number of likely N-dealkylation sites (N-methyl/N-ethyl adjacent to an activating group) is 2. The fourth-order valence-electron chi connectivity index (χ4n) is 13.3. The van der Waals surface area contributed by atoms with E-state index in [4.69, 9.17) is 27.0 Å². The van der Waals surface area contributed by atoms with E-state index in [9.17, 15) is 20.1 Å². The van der Waals surface area contributed by atoms with Gasteiger partial charge in [-0.1, -0.05) is 44.2 Å². The quantitative estimate of drug-likeness (QED) is 0.103. The number of aliphatic hydroxyl groups is 3. The van der Waals surface area contributed by atoms with E-state index in [1.54, 1.807) is 7.11 Å². The fraction of sp³-hybridized carbons (Fsp3) is 0.600. The van der Waals surface area contributed by atoms with Gasteiger partial charge in [-0.25, -0.2) is 0 Å². The summed E-state index contributed by atoms with van der Waals surface area (Å²) in [5.74, 6) is -0.585. The van der Waals surface area contributed by atoms with Gasteiger partial charge < -0.3 is 40.0 Å². The molecule has 338 valence electrons. The van der Waals surface area contributed by atoms with Crippen molar-refractivity contribution in [1.29, 1.82) is 0 Å². The first-order chi connectivity index (χ1) is 29.3. The van der Waals surface area contributed by atoms with Gasteiger partial charge in [-0.2, -0.15) is 8.42 Å². The predicted molar refractivity (Wildman–Crippen MR) is 232 cm³/mol. The van der Waals surface area contributed by atoms with Crippen molar-refractivity contribution in [2.24, 2.45) is 11.3 Å². The second-order valence-corrected chi connectivity index (χ2v) is 19.3. The minimum Gasteiger partial charge on any atom is -0.496 e. The number of hydrogen-bond donors (Lipinski definition) is 7. The summed E-state index contributed by atoms with van der Waals surface area (Å²) in [6, 6.07) is 11.2. The van der Waals surface area contributed by atoms with Crippen molar-refractivity contribution >= 4 is 38.9 Å². The minimum atomic E-state index is -4.67. The minimum absolute atomic E-state index is 0.0717. The zero-order valence-electron chi connectivity index (χ0n) is 36.3. The molecule has 5 aliphatic heterocycles. The third kappa shape index (κ3) is 6.36. The molecule has 1 amide bonds. The van der Waals surface area contributed by atoms with Crippen molar-refractivity contribution in [3.63, 3.8) is 0 Å². The molecule has 6 heterocycles. The summed E-state index contributed by atoms with van der Waals surface area (Å²) < 4.78 is 43.9. The molecule has 1 aromatic heterocycles. The van der Waals surface area contributed by atoms with Crippen LogP contribution in [0, 0.1) is 11.3 Å². The van der Waals surface area contributed by atoms with Crippen molar-refractivity contribution in [1.82, 2.24) is 20.1 Å². The number of ether oxygens (including phenoxy) is 2. The Morgan fingerprint density at radius 1 is 1.00 bits per heavy atom. The number of fused-ring (bicyclic) bond motifs is 6. The largest absolute Gasteiger partial charge is 0.496 e. The number of H-pyrrole nitrogens is 1. The van der Waals surface area contributed by atoms with Gasteiger partial charge in [0.2, 0.25) is 0 Å². The van der Waals surface area contributed by atoms with Crippen LogP contribution in [-0.2, 0) is 42.0 Å². The number of nitrogens with one attached hydrogen (secondary N) is 2. The number of amides is 1. The maximum absolute atomic E-state index is 15.3. The van der Waals surface area contributed by atoms with Gasteiger partial charge >= 0.3 is 16.4 Å². The number of aromatic amines is 1. The van der Waals surface area contributed by atoms with Crippen LogP contribution in [0.3, 0.4) is 0 Å². The summed E-state index contributed by atoms with van der Waals surface area (Å²) in [6.07, 6.45) is 6.04. The van der Waals surface area contributed by atoms with Crippen LogP contribution in [0.2, 0.25) is 0 Å². The average Bonchev–Trinajstić information content (AvgIpc) is 3.90. The van der Waals surface area contributed by atoms with E-state index in [0.717, 1.165) is 46.5 Å².